The molecule has 0 spiro atoms. The number of likely N-dealkylation sites (N-methyl/N-ethyl adjacent to an activating group) is 1. The summed E-state index contributed by atoms with van der Waals surface area (Å²) in [5, 5.41) is 0. The molecule has 0 atom stereocenters. The van der Waals surface area contributed by atoms with Crippen LogP contribution in [0.1, 0.15) is 39.2 Å². The summed E-state index contributed by atoms with van der Waals surface area (Å²) >= 11 is 0. The van der Waals surface area contributed by atoms with Crippen LogP contribution < -0.4 is 5.73 Å². The fourth-order valence-corrected chi connectivity index (χ4v) is 4.88. The highest BCUT2D eigenvalue weighted by atomic mass is 32.2. The van der Waals surface area contributed by atoms with Gasteiger partial charge in [0.1, 0.15) is 5.82 Å². The summed E-state index contributed by atoms with van der Waals surface area (Å²) in [6.45, 7) is 7.84. The van der Waals surface area contributed by atoms with E-state index in [4.69, 9.17) is 5.73 Å². The van der Waals surface area contributed by atoms with Gasteiger partial charge in [0.05, 0.1) is 4.90 Å². The van der Waals surface area contributed by atoms with Crippen molar-refractivity contribution in [2.45, 2.75) is 51.0 Å². The van der Waals surface area contributed by atoms with Crippen molar-refractivity contribution in [2.75, 3.05) is 13.1 Å². The summed E-state index contributed by atoms with van der Waals surface area (Å²) in [6.07, 6.45) is 1.23. The molecule has 4 nitrogen and oxygen atoms in total. The van der Waals surface area contributed by atoms with Crippen LogP contribution in [-0.4, -0.2) is 31.4 Å². The molecule has 1 aromatic rings. The molecular weight excluding hydrogens is 291 g/mol. The van der Waals surface area contributed by atoms with Gasteiger partial charge in [-0.2, -0.15) is 4.31 Å². The zero-order valence-electron chi connectivity index (χ0n) is 13.2. The molecule has 0 bridgehead atoms. The molecule has 6 heteroatoms. The molecule has 21 heavy (non-hydrogen) atoms. The minimum atomic E-state index is -3.78. The quantitative estimate of drug-likeness (QED) is 0.841. The highest BCUT2D eigenvalue weighted by Gasteiger charge is 2.40. The highest BCUT2D eigenvalue weighted by molar-refractivity contribution is 7.89. The first-order valence-electron chi connectivity index (χ1n) is 7.28. The third-order valence-corrected chi connectivity index (χ3v) is 6.45. The van der Waals surface area contributed by atoms with E-state index >= 15 is 0 Å². The van der Waals surface area contributed by atoms with Gasteiger partial charge < -0.3 is 5.73 Å². The summed E-state index contributed by atoms with van der Waals surface area (Å²) < 4.78 is 40.8. The first kappa shape index (κ1) is 18.1. The maximum atomic E-state index is 13.5. The number of sulfonamides is 1. The SMILES string of the molecule is CCN(C(CC)(CC)CN)S(=O)(=O)c1cc(F)ccc1C. The maximum Gasteiger partial charge on any atom is 0.243 e. The number of benzene rings is 1. The van der Waals surface area contributed by atoms with Crippen molar-refractivity contribution in [2.24, 2.45) is 5.73 Å². The minimum Gasteiger partial charge on any atom is -0.329 e. The van der Waals surface area contributed by atoms with E-state index in [0.29, 0.717) is 24.9 Å². The van der Waals surface area contributed by atoms with Crippen LogP contribution in [0, 0.1) is 12.7 Å². The molecule has 1 rings (SSSR count). The largest absolute Gasteiger partial charge is 0.329 e. The lowest BCUT2D eigenvalue weighted by Crippen LogP contribution is -2.55. The average Bonchev–Trinajstić information content (AvgIpc) is 2.47. The Bertz CT molecular complexity index is 575. The van der Waals surface area contributed by atoms with Gasteiger partial charge in [0.2, 0.25) is 10.0 Å². The topological polar surface area (TPSA) is 63.4 Å². The monoisotopic (exact) mass is 316 g/mol. The van der Waals surface area contributed by atoms with E-state index in [9.17, 15) is 12.8 Å². The van der Waals surface area contributed by atoms with E-state index in [-0.39, 0.29) is 11.4 Å². The van der Waals surface area contributed by atoms with Crippen molar-refractivity contribution in [3.05, 3.63) is 29.6 Å². The smallest absolute Gasteiger partial charge is 0.243 e. The van der Waals surface area contributed by atoms with Crippen LogP contribution in [0.15, 0.2) is 23.1 Å². The Morgan fingerprint density at radius 1 is 1.24 bits per heavy atom. The molecule has 0 heterocycles. The Morgan fingerprint density at radius 3 is 2.24 bits per heavy atom. The van der Waals surface area contributed by atoms with E-state index in [0.717, 1.165) is 6.07 Å². The summed E-state index contributed by atoms with van der Waals surface area (Å²) in [4.78, 5) is 0.0177. The zero-order valence-corrected chi connectivity index (χ0v) is 14.0. The Kier molecular flexibility index (Phi) is 5.90. The Hall–Kier alpha value is -0.980. The third kappa shape index (κ3) is 3.27. The molecule has 1 aromatic carbocycles. The maximum absolute atomic E-state index is 13.5. The Morgan fingerprint density at radius 2 is 1.81 bits per heavy atom. The molecule has 2 N–H and O–H groups in total. The van der Waals surface area contributed by atoms with Crippen LogP contribution in [-0.2, 0) is 10.0 Å². The number of nitrogens with two attached hydrogens (primary N) is 1. The molecule has 0 saturated carbocycles. The molecule has 0 saturated heterocycles. The number of aryl methyl sites for hydroxylation is 1. The molecule has 0 amide bonds. The van der Waals surface area contributed by atoms with Crippen molar-refractivity contribution in [1.82, 2.24) is 4.31 Å². The lowest BCUT2D eigenvalue weighted by Gasteiger charge is -2.41. The van der Waals surface area contributed by atoms with Gasteiger partial charge in [0.25, 0.3) is 0 Å². The molecule has 120 valence electrons. The van der Waals surface area contributed by atoms with Gasteiger partial charge in [-0.25, -0.2) is 12.8 Å². The fraction of sp³-hybridized carbons (Fsp3) is 0.600. The summed E-state index contributed by atoms with van der Waals surface area (Å²) in [5.74, 6) is -0.554. The molecule has 0 aliphatic carbocycles. The van der Waals surface area contributed by atoms with Gasteiger partial charge >= 0.3 is 0 Å². The van der Waals surface area contributed by atoms with E-state index < -0.39 is 21.4 Å². The molecule has 0 unspecified atom stereocenters. The van der Waals surface area contributed by atoms with Gasteiger partial charge in [0, 0.05) is 18.6 Å². The minimum absolute atomic E-state index is 0.0177. The van der Waals surface area contributed by atoms with Crippen molar-refractivity contribution in [1.29, 1.82) is 0 Å². The highest BCUT2D eigenvalue weighted by Crippen LogP contribution is 2.31. The number of hydrogen-bond donors (Lipinski definition) is 1. The third-order valence-electron chi connectivity index (χ3n) is 4.23. The lowest BCUT2D eigenvalue weighted by atomic mass is 9.93. The number of halogens is 1. The number of hydrogen-bond acceptors (Lipinski definition) is 3. The van der Waals surface area contributed by atoms with Crippen molar-refractivity contribution < 1.29 is 12.8 Å². The van der Waals surface area contributed by atoms with E-state index in [2.05, 4.69) is 0 Å². The van der Waals surface area contributed by atoms with Crippen LogP contribution >= 0.6 is 0 Å². The van der Waals surface area contributed by atoms with Crippen LogP contribution in [0.2, 0.25) is 0 Å². The first-order valence-corrected chi connectivity index (χ1v) is 8.72. The van der Waals surface area contributed by atoms with Crippen molar-refractivity contribution >= 4 is 10.0 Å². The fourth-order valence-electron chi connectivity index (χ4n) is 2.72. The van der Waals surface area contributed by atoms with Gasteiger partial charge in [-0.1, -0.05) is 26.8 Å². The lowest BCUT2D eigenvalue weighted by molar-refractivity contribution is 0.184. The molecule has 0 radical (unpaired) electrons. The normalized spacial score (nSPS) is 12.9. The van der Waals surface area contributed by atoms with Gasteiger partial charge in [-0.3, -0.25) is 0 Å². The van der Waals surface area contributed by atoms with Crippen molar-refractivity contribution in [3.63, 3.8) is 0 Å². The first-order chi connectivity index (χ1) is 9.78. The summed E-state index contributed by atoms with van der Waals surface area (Å²) in [7, 11) is -3.78. The van der Waals surface area contributed by atoms with E-state index in [1.54, 1.807) is 13.8 Å². The van der Waals surface area contributed by atoms with Gasteiger partial charge in [-0.15, -0.1) is 0 Å². The average molecular weight is 316 g/mol. The second-order valence-corrected chi connectivity index (χ2v) is 7.05. The standard InChI is InChI=1S/C15H25FN2O2S/c1-5-15(6-2,11-17)18(7-3)21(19,20)14-10-13(16)9-8-12(14)4/h8-10H,5-7,11,17H2,1-4H3. The van der Waals surface area contributed by atoms with Crippen LogP contribution in [0.3, 0.4) is 0 Å². The number of rotatable bonds is 7. The van der Waals surface area contributed by atoms with Gasteiger partial charge in [0.15, 0.2) is 0 Å². The molecule has 0 aliphatic heterocycles. The second-order valence-electron chi connectivity index (χ2n) is 5.22. The molecule has 0 fully saturated rings. The molecule has 0 aliphatic rings. The van der Waals surface area contributed by atoms with Crippen LogP contribution in [0.25, 0.3) is 0 Å². The molecular formula is C15H25FN2O2S. The van der Waals surface area contributed by atoms with E-state index in [1.165, 1.54) is 16.4 Å². The van der Waals surface area contributed by atoms with Crippen molar-refractivity contribution in [3.8, 4) is 0 Å². The Balaban J connectivity index is 3.48. The zero-order chi connectivity index (χ0) is 16.3. The Labute approximate surface area is 127 Å². The van der Waals surface area contributed by atoms with Gasteiger partial charge in [-0.05, 0) is 37.5 Å². The predicted molar refractivity (Wildman–Crippen MR) is 83.1 cm³/mol. The number of nitrogens with zero attached hydrogens (tertiary/aromatic N) is 1. The molecule has 0 aromatic heterocycles. The predicted octanol–water partition coefficient (Wildman–Crippen LogP) is 2.66. The van der Waals surface area contributed by atoms with E-state index in [1.807, 2.05) is 13.8 Å². The summed E-state index contributed by atoms with van der Waals surface area (Å²) in [5.41, 5.74) is 5.77. The van der Waals surface area contributed by atoms with Crippen LogP contribution in [0.5, 0.6) is 0 Å². The second kappa shape index (κ2) is 6.85. The summed E-state index contributed by atoms with van der Waals surface area (Å²) in [6, 6.07) is 3.83. The van der Waals surface area contributed by atoms with Crippen LogP contribution in [0.4, 0.5) is 4.39 Å².